The van der Waals surface area contributed by atoms with E-state index in [1.165, 1.54) is 44.3 Å². The Kier molecular flexibility index (Phi) is 4.06. The molecule has 1 aliphatic rings. The Morgan fingerprint density at radius 2 is 1.62 bits per heavy atom. The molecule has 2 nitrogen and oxygen atoms in total. The van der Waals surface area contributed by atoms with Crippen molar-refractivity contribution in [1.29, 1.82) is 0 Å². The topological polar surface area (TPSA) is 7.76 Å². The number of hydrogen-bond donors (Lipinski definition) is 0. The molecule has 1 aliphatic carbocycles. The first-order valence-electron chi connectivity index (χ1n) is 10.6. The van der Waals surface area contributed by atoms with Crippen LogP contribution in [0, 0.1) is 0 Å². The van der Waals surface area contributed by atoms with E-state index in [4.69, 9.17) is 0 Å². The number of fused-ring (bicyclic) bond motifs is 5. The number of nitrogens with zero attached hydrogens (tertiary/aromatic N) is 2. The lowest BCUT2D eigenvalue weighted by Gasteiger charge is -2.22. The second-order valence-electron chi connectivity index (χ2n) is 8.53. The van der Waals surface area contributed by atoms with Crippen LogP contribution in [0.4, 0.5) is 0 Å². The fourth-order valence-corrected chi connectivity index (χ4v) is 4.98. The first-order chi connectivity index (χ1) is 14.0. The van der Waals surface area contributed by atoms with Gasteiger partial charge in [0.1, 0.15) is 13.1 Å². The van der Waals surface area contributed by atoms with E-state index in [9.17, 15) is 0 Å². The zero-order valence-electron chi connectivity index (χ0n) is 17.7. The van der Waals surface area contributed by atoms with Gasteiger partial charge in [-0.3, -0.25) is 0 Å². The fourth-order valence-electron chi connectivity index (χ4n) is 4.98. The highest BCUT2D eigenvalue weighted by Crippen LogP contribution is 2.50. The van der Waals surface area contributed by atoms with Crippen LogP contribution in [0.1, 0.15) is 38.8 Å². The highest BCUT2D eigenvalue weighted by molar-refractivity contribution is 5.97. The van der Waals surface area contributed by atoms with Gasteiger partial charge in [-0.25, -0.2) is 4.57 Å². The zero-order valence-corrected chi connectivity index (χ0v) is 17.7. The lowest BCUT2D eigenvalue weighted by Crippen LogP contribution is -2.35. The van der Waals surface area contributed by atoms with E-state index >= 15 is 0 Å². The van der Waals surface area contributed by atoms with Gasteiger partial charge in [0.2, 0.25) is 5.69 Å². The molecule has 5 rings (SSSR count). The van der Waals surface area contributed by atoms with Gasteiger partial charge in [-0.1, -0.05) is 38.1 Å². The van der Waals surface area contributed by atoms with Crippen LogP contribution in [0.5, 0.6) is 0 Å². The lowest BCUT2D eigenvalue weighted by molar-refractivity contribution is -0.694. The minimum atomic E-state index is -0.0191. The molecule has 29 heavy (non-hydrogen) atoms. The monoisotopic (exact) mass is 380 g/mol. The molecule has 0 unspecified atom stereocenters. The lowest BCUT2D eigenvalue weighted by atomic mass is 9.80. The van der Waals surface area contributed by atoms with Crippen molar-refractivity contribution in [2.75, 3.05) is 0 Å². The van der Waals surface area contributed by atoms with Gasteiger partial charge < -0.3 is 0 Å². The van der Waals surface area contributed by atoms with E-state index < -0.39 is 0 Å². The maximum absolute atomic E-state index is 2.41. The largest absolute Gasteiger partial charge is 0.213 e. The van der Waals surface area contributed by atoms with Gasteiger partial charge in [0.05, 0.1) is 0 Å². The quantitative estimate of drug-likeness (QED) is 0.419. The molecule has 2 heterocycles. The Bertz CT molecular complexity index is 1240. The van der Waals surface area contributed by atoms with E-state index in [-0.39, 0.29) is 5.41 Å². The van der Waals surface area contributed by atoms with Crippen LogP contribution in [0.25, 0.3) is 33.2 Å². The molecule has 144 valence electrons. The normalized spacial score (nSPS) is 14.1. The highest BCUT2D eigenvalue weighted by Gasteiger charge is 2.39. The van der Waals surface area contributed by atoms with Crippen LogP contribution in [-0.4, -0.2) is 0 Å². The Morgan fingerprint density at radius 1 is 0.828 bits per heavy atom. The fraction of sp³-hybridized carbons (Fsp3) is 0.259. The molecule has 0 fully saturated rings. The van der Waals surface area contributed by atoms with E-state index in [0.717, 1.165) is 13.1 Å². The van der Waals surface area contributed by atoms with Crippen molar-refractivity contribution in [2.24, 2.45) is 0 Å². The van der Waals surface area contributed by atoms with Crippen LogP contribution in [-0.2, 0) is 18.5 Å². The predicted octanol–water partition coefficient (Wildman–Crippen LogP) is 5.43. The molecule has 0 saturated heterocycles. The summed E-state index contributed by atoms with van der Waals surface area (Å²) in [6.45, 7) is 11.1. The summed E-state index contributed by atoms with van der Waals surface area (Å²) in [5.41, 5.74) is 8.18. The van der Waals surface area contributed by atoms with Gasteiger partial charge in [0, 0.05) is 34.1 Å². The highest BCUT2D eigenvalue weighted by atomic mass is 14.9. The van der Waals surface area contributed by atoms with Crippen molar-refractivity contribution in [3.05, 3.63) is 84.3 Å². The summed E-state index contributed by atoms with van der Waals surface area (Å²) in [5.74, 6) is 0. The molecule has 2 aromatic heterocycles. The van der Waals surface area contributed by atoms with E-state index in [0.29, 0.717) is 0 Å². The van der Waals surface area contributed by atoms with Gasteiger partial charge in [-0.2, -0.15) is 4.57 Å². The molecule has 2 heteroatoms. The molecular weight excluding hydrogens is 352 g/mol. The number of hydrogen-bond acceptors (Lipinski definition) is 0. The zero-order chi connectivity index (χ0) is 20.2. The van der Waals surface area contributed by atoms with Crippen molar-refractivity contribution >= 4 is 10.8 Å². The Morgan fingerprint density at radius 3 is 2.34 bits per heavy atom. The molecule has 0 aliphatic heterocycles. The standard InChI is InChI=1S/C27H28N2/c1-5-28-15-14-21-22-13-12-20-17-29(6-2)25(19-10-8-7-9-11-19)16-23(20)26(22)27(3,4)24(21)18-28/h7-18H,5-6H2,1-4H3/q+2. The molecule has 4 aromatic rings. The maximum Gasteiger partial charge on any atom is 0.213 e. The molecule has 2 aromatic carbocycles. The van der Waals surface area contributed by atoms with E-state index in [1.54, 1.807) is 0 Å². The minimum absolute atomic E-state index is 0.0191. The summed E-state index contributed by atoms with van der Waals surface area (Å²) in [6, 6.07) is 20.1. The summed E-state index contributed by atoms with van der Waals surface area (Å²) in [4.78, 5) is 0. The molecule has 0 N–H and O–H groups in total. The molecule has 0 bridgehead atoms. The molecule has 0 saturated carbocycles. The van der Waals surface area contributed by atoms with Gasteiger partial charge in [0.15, 0.2) is 18.6 Å². The number of pyridine rings is 2. The first-order valence-corrected chi connectivity index (χ1v) is 10.6. The van der Waals surface area contributed by atoms with Crippen LogP contribution in [0.2, 0.25) is 0 Å². The van der Waals surface area contributed by atoms with Crippen molar-refractivity contribution < 1.29 is 9.13 Å². The smallest absolute Gasteiger partial charge is 0.205 e. The Balaban J connectivity index is 1.83. The molecule has 0 spiro atoms. The SMILES string of the molecule is CC[n+]1ccc2c(c1)C(C)(C)c1c-2ccc2c[n+](CC)c(-c3ccccc3)cc12. The third-order valence-electron chi connectivity index (χ3n) is 6.55. The second kappa shape index (κ2) is 6.52. The van der Waals surface area contributed by atoms with Crippen molar-refractivity contribution in [1.82, 2.24) is 0 Å². The Labute approximate surface area is 173 Å². The van der Waals surface area contributed by atoms with Crippen molar-refractivity contribution in [3.63, 3.8) is 0 Å². The summed E-state index contributed by atoms with van der Waals surface area (Å²) >= 11 is 0. The van der Waals surface area contributed by atoms with E-state index in [1.807, 2.05) is 0 Å². The third-order valence-corrected chi connectivity index (χ3v) is 6.55. The number of aryl methyl sites for hydroxylation is 2. The molecule has 0 atom stereocenters. The summed E-state index contributed by atoms with van der Waals surface area (Å²) < 4.78 is 4.65. The molecule has 0 amide bonds. The maximum atomic E-state index is 2.41. The number of benzene rings is 2. The van der Waals surface area contributed by atoms with Gasteiger partial charge in [0.25, 0.3) is 0 Å². The number of rotatable bonds is 3. The van der Waals surface area contributed by atoms with Gasteiger partial charge in [-0.15, -0.1) is 0 Å². The summed E-state index contributed by atoms with van der Waals surface area (Å²) in [7, 11) is 0. The predicted molar refractivity (Wildman–Crippen MR) is 119 cm³/mol. The Hall–Kier alpha value is -3.00. The van der Waals surface area contributed by atoms with Crippen molar-refractivity contribution in [2.45, 2.75) is 46.2 Å². The number of aromatic nitrogens is 2. The second-order valence-corrected chi connectivity index (χ2v) is 8.53. The average Bonchev–Trinajstić information content (AvgIpc) is 3.00. The van der Waals surface area contributed by atoms with E-state index in [2.05, 4.69) is 110 Å². The summed E-state index contributed by atoms with van der Waals surface area (Å²) in [5, 5.41) is 2.69. The van der Waals surface area contributed by atoms with Gasteiger partial charge >= 0.3 is 0 Å². The van der Waals surface area contributed by atoms with Crippen molar-refractivity contribution in [3.8, 4) is 22.4 Å². The summed E-state index contributed by atoms with van der Waals surface area (Å²) in [6.07, 6.45) is 6.87. The minimum Gasteiger partial charge on any atom is -0.205 e. The average molecular weight is 381 g/mol. The molecule has 0 radical (unpaired) electrons. The van der Waals surface area contributed by atoms with Crippen LogP contribution in [0.15, 0.2) is 73.2 Å². The third kappa shape index (κ3) is 2.62. The van der Waals surface area contributed by atoms with Crippen LogP contribution >= 0.6 is 0 Å². The van der Waals surface area contributed by atoms with Gasteiger partial charge in [-0.05, 0) is 54.1 Å². The molecular formula is C27H28N2+2. The van der Waals surface area contributed by atoms with Crippen LogP contribution in [0.3, 0.4) is 0 Å². The van der Waals surface area contributed by atoms with Crippen LogP contribution < -0.4 is 9.13 Å². The first kappa shape index (κ1) is 18.1.